The molecule has 0 spiro atoms. The van der Waals surface area contributed by atoms with E-state index in [1.165, 1.54) is 11.1 Å². The van der Waals surface area contributed by atoms with Crippen molar-refractivity contribution in [3.05, 3.63) is 35.4 Å². The van der Waals surface area contributed by atoms with Crippen molar-refractivity contribution in [1.29, 1.82) is 5.26 Å². The molecule has 108 valence electrons. The Bertz CT molecular complexity index is 520. The van der Waals surface area contributed by atoms with Gasteiger partial charge in [-0.15, -0.1) is 0 Å². The summed E-state index contributed by atoms with van der Waals surface area (Å²) in [7, 11) is 1.58. The lowest BCUT2D eigenvalue weighted by atomic mass is 9.59. The van der Waals surface area contributed by atoms with Crippen LogP contribution in [0.25, 0.3) is 0 Å². The van der Waals surface area contributed by atoms with Gasteiger partial charge in [0.05, 0.1) is 18.1 Å². The molecule has 0 aromatic heterocycles. The molecule has 1 aromatic rings. The predicted octanol–water partition coefficient (Wildman–Crippen LogP) is 2.72. The minimum Gasteiger partial charge on any atom is -0.386 e. The molecule has 3 heteroatoms. The fraction of sp³-hybridized carbons (Fsp3) is 0.588. The Kier molecular flexibility index (Phi) is 4.17. The maximum Gasteiger partial charge on any atom is 0.109 e. The summed E-state index contributed by atoms with van der Waals surface area (Å²) >= 11 is 0. The standard InChI is InChI=1S/C17H23NO2/c1-13(2)17(19,12-20-3)16(11-18)9-8-14-6-4-5-7-15(14)10-16/h4-7,13,19H,8-10,12H2,1-3H3. The average Bonchev–Trinajstić information content (AvgIpc) is 2.46. The Morgan fingerprint density at radius 1 is 1.40 bits per heavy atom. The largest absolute Gasteiger partial charge is 0.386 e. The van der Waals surface area contributed by atoms with Crippen molar-refractivity contribution in [2.24, 2.45) is 11.3 Å². The van der Waals surface area contributed by atoms with Gasteiger partial charge >= 0.3 is 0 Å². The quantitative estimate of drug-likeness (QED) is 0.917. The number of nitriles is 1. The van der Waals surface area contributed by atoms with Crippen LogP contribution in [-0.2, 0) is 17.6 Å². The summed E-state index contributed by atoms with van der Waals surface area (Å²) in [5.41, 5.74) is 0.577. The van der Waals surface area contributed by atoms with E-state index in [1.807, 2.05) is 26.0 Å². The first-order valence-corrected chi connectivity index (χ1v) is 7.18. The van der Waals surface area contributed by atoms with Crippen LogP contribution in [0.4, 0.5) is 0 Å². The number of methoxy groups -OCH3 is 1. The van der Waals surface area contributed by atoms with Crippen LogP contribution in [0.2, 0.25) is 0 Å². The van der Waals surface area contributed by atoms with E-state index >= 15 is 0 Å². The Balaban J connectivity index is 2.44. The number of fused-ring (bicyclic) bond motifs is 1. The molecule has 0 saturated carbocycles. The highest BCUT2D eigenvalue weighted by Crippen LogP contribution is 2.46. The summed E-state index contributed by atoms with van der Waals surface area (Å²) in [5.74, 6) is -0.0348. The second-order valence-electron chi connectivity index (χ2n) is 6.15. The summed E-state index contributed by atoms with van der Waals surface area (Å²) < 4.78 is 5.24. The number of aryl methyl sites for hydroxylation is 1. The molecular weight excluding hydrogens is 250 g/mol. The summed E-state index contributed by atoms with van der Waals surface area (Å²) in [6.07, 6.45) is 2.11. The number of nitrogens with zero attached hydrogens (tertiary/aromatic N) is 1. The molecular formula is C17H23NO2. The van der Waals surface area contributed by atoms with Crippen molar-refractivity contribution in [3.8, 4) is 6.07 Å². The average molecular weight is 273 g/mol. The molecule has 1 N–H and O–H groups in total. The number of rotatable bonds is 4. The van der Waals surface area contributed by atoms with Gasteiger partial charge in [0.15, 0.2) is 0 Å². The molecule has 0 radical (unpaired) electrons. The van der Waals surface area contributed by atoms with Crippen LogP contribution in [0.15, 0.2) is 24.3 Å². The van der Waals surface area contributed by atoms with Crippen LogP contribution in [0.1, 0.15) is 31.4 Å². The molecule has 2 rings (SSSR count). The number of hydrogen-bond donors (Lipinski definition) is 1. The van der Waals surface area contributed by atoms with Crippen molar-refractivity contribution in [3.63, 3.8) is 0 Å². The van der Waals surface area contributed by atoms with E-state index in [4.69, 9.17) is 4.74 Å². The molecule has 0 amide bonds. The van der Waals surface area contributed by atoms with E-state index in [9.17, 15) is 10.4 Å². The van der Waals surface area contributed by atoms with E-state index < -0.39 is 11.0 Å². The zero-order chi connectivity index (χ0) is 14.8. The molecule has 1 aliphatic rings. The van der Waals surface area contributed by atoms with Crippen LogP contribution in [-0.4, -0.2) is 24.4 Å². The van der Waals surface area contributed by atoms with Crippen molar-refractivity contribution < 1.29 is 9.84 Å². The minimum absolute atomic E-state index is 0.0348. The lowest BCUT2D eigenvalue weighted by Gasteiger charge is -2.47. The van der Waals surface area contributed by atoms with Gasteiger partial charge in [0, 0.05) is 7.11 Å². The van der Waals surface area contributed by atoms with E-state index in [2.05, 4.69) is 18.2 Å². The highest BCUT2D eigenvalue weighted by atomic mass is 16.5. The Morgan fingerprint density at radius 2 is 2.05 bits per heavy atom. The normalized spacial score (nSPS) is 24.8. The van der Waals surface area contributed by atoms with Crippen molar-refractivity contribution in [2.75, 3.05) is 13.7 Å². The van der Waals surface area contributed by atoms with Gasteiger partial charge in [-0.2, -0.15) is 5.26 Å². The monoisotopic (exact) mass is 273 g/mol. The van der Waals surface area contributed by atoms with Gasteiger partial charge in [0.25, 0.3) is 0 Å². The first-order chi connectivity index (χ1) is 9.49. The molecule has 0 fully saturated rings. The summed E-state index contributed by atoms with van der Waals surface area (Å²) in [5, 5.41) is 21.0. The van der Waals surface area contributed by atoms with Gasteiger partial charge < -0.3 is 9.84 Å². The Labute approximate surface area is 121 Å². The first-order valence-electron chi connectivity index (χ1n) is 7.18. The third-order valence-electron chi connectivity index (χ3n) is 4.79. The minimum atomic E-state index is -1.12. The van der Waals surface area contributed by atoms with Crippen molar-refractivity contribution >= 4 is 0 Å². The van der Waals surface area contributed by atoms with Crippen LogP contribution >= 0.6 is 0 Å². The van der Waals surface area contributed by atoms with Gasteiger partial charge in [0.2, 0.25) is 0 Å². The van der Waals surface area contributed by atoms with Gasteiger partial charge in [0.1, 0.15) is 5.60 Å². The third kappa shape index (κ3) is 2.24. The van der Waals surface area contributed by atoms with E-state index in [0.717, 1.165) is 6.42 Å². The number of benzene rings is 1. The number of aliphatic hydroxyl groups is 1. The summed E-state index contributed by atoms with van der Waals surface area (Å²) in [4.78, 5) is 0. The van der Waals surface area contributed by atoms with Crippen LogP contribution in [0.3, 0.4) is 0 Å². The predicted molar refractivity (Wildman–Crippen MR) is 78.2 cm³/mol. The van der Waals surface area contributed by atoms with E-state index in [-0.39, 0.29) is 12.5 Å². The van der Waals surface area contributed by atoms with Gasteiger partial charge in [-0.3, -0.25) is 0 Å². The maximum absolute atomic E-state index is 11.1. The van der Waals surface area contributed by atoms with Gasteiger partial charge in [-0.1, -0.05) is 38.1 Å². The molecule has 0 saturated heterocycles. The zero-order valence-electron chi connectivity index (χ0n) is 12.5. The fourth-order valence-electron chi connectivity index (χ4n) is 3.37. The Hall–Kier alpha value is -1.37. The van der Waals surface area contributed by atoms with Crippen molar-refractivity contribution in [1.82, 2.24) is 0 Å². The third-order valence-corrected chi connectivity index (χ3v) is 4.79. The zero-order valence-corrected chi connectivity index (χ0v) is 12.5. The summed E-state index contributed by atoms with van der Waals surface area (Å²) in [6, 6.07) is 10.6. The molecule has 0 aliphatic heterocycles. The molecule has 3 nitrogen and oxygen atoms in total. The summed E-state index contributed by atoms with van der Waals surface area (Å²) in [6.45, 7) is 4.11. The Morgan fingerprint density at radius 3 is 2.60 bits per heavy atom. The molecule has 2 atom stereocenters. The number of ether oxygens (including phenoxy) is 1. The van der Waals surface area contributed by atoms with Crippen molar-refractivity contribution in [2.45, 2.75) is 38.7 Å². The smallest absolute Gasteiger partial charge is 0.109 e. The van der Waals surface area contributed by atoms with E-state index in [0.29, 0.717) is 12.8 Å². The molecule has 20 heavy (non-hydrogen) atoms. The second kappa shape index (κ2) is 5.55. The highest BCUT2D eigenvalue weighted by Gasteiger charge is 2.54. The maximum atomic E-state index is 11.1. The van der Waals surface area contributed by atoms with Gasteiger partial charge in [-0.05, 0) is 36.3 Å². The molecule has 0 bridgehead atoms. The van der Waals surface area contributed by atoms with Crippen LogP contribution in [0, 0.1) is 22.7 Å². The first kappa shape index (κ1) is 15.0. The molecule has 1 aliphatic carbocycles. The lowest BCUT2D eigenvalue weighted by molar-refractivity contribution is -0.137. The topological polar surface area (TPSA) is 53.2 Å². The number of hydrogen-bond acceptors (Lipinski definition) is 3. The second-order valence-corrected chi connectivity index (χ2v) is 6.15. The van der Waals surface area contributed by atoms with E-state index in [1.54, 1.807) is 7.11 Å². The van der Waals surface area contributed by atoms with Crippen LogP contribution < -0.4 is 0 Å². The van der Waals surface area contributed by atoms with Gasteiger partial charge in [-0.25, -0.2) is 0 Å². The molecule has 2 unspecified atom stereocenters. The van der Waals surface area contributed by atoms with Crippen LogP contribution in [0.5, 0.6) is 0 Å². The lowest BCUT2D eigenvalue weighted by Crippen LogP contribution is -2.57. The SMILES string of the molecule is COCC(O)(C(C)C)C1(C#N)CCc2ccccc2C1. The highest BCUT2D eigenvalue weighted by molar-refractivity contribution is 5.35. The fourth-order valence-corrected chi connectivity index (χ4v) is 3.37. The molecule has 0 heterocycles. The molecule has 1 aromatic carbocycles.